The van der Waals surface area contributed by atoms with Gasteiger partial charge in [0, 0.05) is 16.6 Å². The Morgan fingerprint density at radius 2 is 2.06 bits per heavy atom. The molecule has 0 bridgehead atoms. The van der Waals surface area contributed by atoms with Crippen molar-refractivity contribution in [3.05, 3.63) is 65.1 Å². The van der Waals surface area contributed by atoms with Crippen molar-refractivity contribution in [3.8, 4) is 0 Å². The van der Waals surface area contributed by atoms with Crippen molar-refractivity contribution in [2.75, 3.05) is 0 Å². The Balaban J connectivity index is 2.04. The van der Waals surface area contributed by atoms with Crippen LogP contribution >= 0.6 is 11.6 Å². The van der Waals surface area contributed by atoms with E-state index in [4.69, 9.17) is 16.0 Å². The summed E-state index contributed by atoms with van der Waals surface area (Å²) in [5.74, 6) is 0.464. The number of aromatic nitrogens is 1. The standard InChI is InChI=1S/C14H10ClNO2/c15-10-4-5-12-9(7-10)8-13(18-12)14(17)11-3-1-2-6-16-11/h1-8,14,17H. The lowest BCUT2D eigenvalue weighted by Gasteiger charge is -2.05. The van der Waals surface area contributed by atoms with Crippen LogP contribution in [0.3, 0.4) is 0 Å². The molecule has 1 N–H and O–H groups in total. The molecule has 0 radical (unpaired) electrons. The highest BCUT2D eigenvalue weighted by molar-refractivity contribution is 6.31. The van der Waals surface area contributed by atoms with Crippen molar-refractivity contribution in [3.63, 3.8) is 0 Å². The minimum absolute atomic E-state index is 0.464. The van der Waals surface area contributed by atoms with E-state index in [1.165, 1.54) is 0 Å². The first-order chi connectivity index (χ1) is 8.74. The molecule has 0 aliphatic rings. The minimum atomic E-state index is -0.864. The largest absolute Gasteiger partial charge is 0.458 e. The first-order valence-electron chi connectivity index (χ1n) is 5.52. The molecule has 3 aromatic rings. The summed E-state index contributed by atoms with van der Waals surface area (Å²) in [5.41, 5.74) is 1.26. The summed E-state index contributed by atoms with van der Waals surface area (Å²) in [4.78, 5) is 4.11. The predicted octanol–water partition coefficient (Wildman–Crippen LogP) is 3.56. The molecule has 0 saturated heterocycles. The Morgan fingerprint density at radius 1 is 1.17 bits per heavy atom. The van der Waals surface area contributed by atoms with Crippen molar-refractivity contribution in [1.29, 1.82) is 0 Å². The first kappa shape index (κ1) is 11.3. The Morgan fingerprint density at radius 3 is 2.83 bits per heavy atom. The number of halogens is 1. The van der Waals surface area contributed by atoms with Crippen molar-refractivity contribution in [2.45, 2.75) is 6.10 Å². The van der Waals surface area contributed by atoms with Gasteiger partial charge in [-0.25, -0.2) is 0 Å². The van der Waals surface area contributed by atoms with Gasteiger partial charge in [0.25, 0.3) is 0 Å². The summed E-state index contributed by atoms with van der Waals surface area (Å²) in [6.07, 6.45) is 0.773. The van der Waals surface area contributed by atoms with E-state index < -0.39 is 6.10 Å². The number of rotatable bonds is 2. The second-order valence-corrected chi connectivity index (χ2v) is 4.42. The lowest BCUT2D eigenvalue weighted by Crippen LogP contribution is -1.99. The molecule has 2 aromatic heterocycles. The van der Waals surface area contributed by atoms with Crippen molar-refractivity contribution >= 4 is 22.6 Å². The van der Waals surface area contributed by atoms with Gasteiger partial charge in [-0.3, -0.25) is 4.98 Å². The van der Waals surface area contributed by atoms with Gasteiger partial charge in [0.05, 0.1) is 5.69 Å². The van der Waals surface area contributed by atoms with E-state index in [2.05, 4.69) is 4.98 Å². The average Bonchev–Trinajstić information content (AvgIpc) is 2.81. The van der Waals surface area contributed by atoms with E-state index in [1.807, 2.05) is 6.07 Å². The van der Waals surface area contributed by atoms with Crippen LogP contribution in [0.5, 0.6) is 0 Å². The van der Waals surface area contributed by atoms with Crippen LogP contribution in [-0.4, -0.2) is 10.1 Å². The highest BCUT2D eigenvalue weighted by Crippen LogP contribution is 2.28. The molecule has 1 unspecified atom stereocenters. The fourth-order valence-corrected chi connectivity index (χ4v) is 2.03. The fraction of sp³-hybridized carbons (Fsp3) is 0.0714. The van der Waals surface area contributed by atoms with E-state index in [1.54, 1.807) is 42.6 Å². The van der Waals surface area contributed by atoms with E-state index >= 15 is 0 Å². The lowest BCUT2D eigenvalue weighted by molar-refractivity contribution is 0.187. The summed E-state index contributed by atoms with van der Waals surface area (Å²) in [7, 11) is 0. The van der Waals surface area contributed by atoms with E-state index in [0.717, 1.165) is 5.39 Å². The lowest BCUT2D eigenvalue weighted by atomic mass is 10.1. The van der Waals surface area contributed by atoms with E-state index in [9.17, 15) is 5.11 Å². The van der Waals surface area contributed by atoms with Gasteiger partial charge in [-0.05, 0) is 36.4 Å². The zero-order valence-electron chi connectivity index (χ0n) is 9.38. The number of aliphatic hydroxyl groups excluding tert-OH is 1. The summed E-state index contributed by atoms with van der Waals surface area (Å²) in [6, 6.07) is 12.5. The molecule has 90 valence electrons. The number of fused-ring (bicyclic) bond motifs is 1. The van der Waals surface area contributed by atoms with Gasteiger partial charge in [0.15, 0.2) is 6.10 Å². The van der Waals surface area contributed by atoms with Gasteiger partial charge in [0.1, 0.15) is 11.3 Å². The SMILES string of the molecule is OC(c1ccccn1)c1cc2cc(Cl)ccc2o1. The van der Waals surface area contributed by atoms with Crippen LogP contribution in [0.1, 0.15) is 17.6 Å². The molecule has 0 spiro atoms. The smallest absolute Gasteiger partial charge is 0.153 e. The zero-order valence-corrected chi connectivity index (χ0v) is 10.1. The molecule has 1 atom stereocenters. The molecule has 2 heterocycles. The van der Waals surface area contributed by atoms with Crippen LogP contribution in [0.4, 0.5) is 0 Å². The number of furan rings is 1. The molecule has 0 fully saturated rings. The van der Waals surface area contributed by atoms with Gasteiger partial charge in [-0.1, -0.05) is 17.7 Å². The third-order valence-corrected chi connectivity index (χ3v) is 2.97. The molecule has 4 heteroatoms. The predicted molar refractivity (Wildman–Crippen MR) is 69.5 cm³/mol. The number of hydrogen-bond acceptors (Lipinski definition) is 3. The zero-order chi connectivity index (χ0) is 12.5. The normalized spacial score (nSPS) is 12.8. The number of nitrogens with zero attached hydrogens (tertiary/aromatic N) is 1. The topological polar surface area (TPSA) is 46.3 Å². The molecule has 0 aliphatic heterocycles. The highest BCUT2D eigenvalue weighted by atomic mass is 35.5. The molecule has 0 amide bonds. The summed E-state index contributed by atoms with van der Waals surface area (Å²) in [5, 5.41) is 11.7. The Bertz CT molecular complexity index is 679. The number of aliphatic hydroxyl groups is 1. The third-order valence-electron chi connectivity index (χ3n) is 2.73. The minimum Gasteiger partial charge on any atom is -0.458 e. The van der Waals surface area contributed by atoms with Crippen LogP contribution in [0.25, 0.3) is 11.0 Å². The van der Waals surface area contributed by atoms with Gasteiger partial charge in [-0.15, -0.1) is 0 Å². The average molecular weight is 260 g/mol. The maximum atomic E-state index is 10.2. The second kappa shape index (κ2) is 4.44. The van der Waals surface area contributed by atoms with Crippen LogP contribution < -0.4 is 0 Å². The number of benzene rings is 1. The molecule has 18 heavy (non-hydrogen) atoms. The molecular weight excluding hydrogens is 250 g/mol. The van der Waals surface area contributed by atoms with Gasteiger partial charge >= 0.3 is 0 Å². The van der Waals surface area contributed by atoms with Gasteiger partial charge in [0.2, 0.25) is 0 Å². The highest BCUT2D eigenvalue weighted by Gasteiger charge is 2.16. The monoisotopic (exact) mass is 259 g/mol. The maximum absolute atomic E-state index is 10.2. The van der Waals surface area contributed by atoms with Gasteiger partial charge < -0.3 is 9.52 Å². The van der Waals surface area contributed by atoms with Crippen molar-refractivity contribution in [1.82, 2.24) is 4.98 Å². The molecule has 0 saturated carbocycles. The molecule has 3 rings (SSSR count). The van der Waals surface area contributed by atoms with Gasteiger partial charge in [-0.2, -0.15) is 0 Å². The molecular formula is C14H10ClNO2. The van der Waals surface area contributed by atoms with Crippen LogP contribution in [0, 0.1) is 0 Å². The second-order valence-electron chi connectivity index (χ2n) is 3.99. The summed E-state index contributed by atoms with van der Waals surface area (Å²) in [6.45, 7) is 0. The number of pyridine rings is 1. The molecule has 3 nitrogen and oxygen atoms in total. The quantitative estimate of drug-likeness (QED) is 0.765. The van der Waals surface area contributed by atoms with Crippen LogP contribution in [0.2, 0.25) is 5.02 Å². The Hall–Kier alpha value is -1.84. The Kier molecular flexibility index (Phi) is 2.78. The fourth-order valence-electron chi connectivity index (χ4n) is 1.85. The summed E-state index contributed by atoms with van der Waals surface area (Å²) >= 11 is 5.91. The number of hydrogen-bond donors (Lipinski definition) is 1. The van der Waals surface area contributed by atoms with E-state index in [0.29, 0.717) is 22.1 Å². The molecule has 1 aromatic carbocycles. The van der Waals surface area contributed by atoms with Crippen LogP contribution in [0.15, 0.2) is 53.1 Å². The molecule has 0 aliphatic carbocycles. The van der Waals surface area contributed by atoms with E-state index in [-0.39, 0.29) is 0 Å². The maximum Gasteiger partial charge on any atom is 0.153 e. The first-order valence-corrected chi connectivity index (χ1v) is 5.90. The van der Waals surface area contributed by atoms with Crippen molar-refractivity contribution < 1.29 is 9.52 Å². The summed E-state index contributed by atoms with van der Waals surface area (Å²) < 4.78 is 5.59. The Labute approximate surface area is 109 Å². The van der Waals surface area contributed by atoms with Crippen LogP contribution in [-0.2, 0) is 0 Å². The third kappa shape index (κ3) is 1.98. The van der Waals surface area contributed by atoms with Crippen molar-refractivity contribution in [2.24, 2.45) is 0 Å².